The molecule has 0 spiro atoms. The van der Waals surface area contributed by atoms with Crippen LogP contribution in [0.3, 0.4) is 0 Å². The zero-order valence-electron chi connectivity index (χ0n) is 27.8. The van der Waals surface area contributed by atoms with Crippen molar-refractivity contribution in [2.45, 2.75) is 19.4 Å². The molecule has 0 atom stereocenters. The molecule has 51 heavy (non-hydrogen) atoms. The third-order valence-electron chi connectivity index (χ3n) is 9.45. The maximum Gasteiger partial charge on any atom is 0.272 e. The smallest absolute Gasteiger partial charge is 0.272 e. The molecular weight excluding hydrogens is 651 g/mol. The van der Waals surface area contributed by atoms with Crippen molar-refractivity contribution in [2.24, 2.45) is 11.8 Å². The molecule has 0 aliphatic carbocycles. The lowest BCUT2D eigenvalue weighted by Crippen LogP contribution is -2.53. The van der Waals surface area contributed by atoms with E-state index in [1.807, 2.05) is 35.2 Å². The zero-order valence-corrected chi connectivity index (χ0v) is 27.8. The molecule has 0 saturated carbocycles. The van der Waals surface area contributed by atoms with Crippen LogP contribution in [0.5, 0.6) is 5.75 Å². The topological polar surface area (TPSA) is 143 Å². The minimum absolute atomic E-state index is 0.228. The fraction of sp³-hybridized carbons (Fsp3) is 0.289. The summed E-state index contributed by atoms with van der Waals surface area (Å²) in [5, 5.41) is 24.7. The second kappa shape index (κ2) is 14.9. The van der Waals surface area contributed by atoms with Crippen LogP contribution >= 0.6 is 0 Å². The molecule has 0 radical (unpaired) electrons. The van der Waals surface area contributed by atoms with Gasteiger partial charge in [-0.2, -0.15) is 10.4 Å². The molecule has 13 heteroatoms. The number of halogens is 1. The van der Waals surface area contributed by atoms with E-state index in [0.29, 0.717) is 47.0 Å². The lowest BCUT2D eigenvalue weighted by Gasteiger charge is -2.44. The number of benzene rings is 3. The summed E-state index contributed by atoms with van der Waals surface area (Å²) in [6.45, 7) is 5.23. The van der Waals surface area contributed by atoms with Crippen LogP contribution in [0, 0.1) is 39.1 Å². The Morgan fingerprint density at radius 2 is 1.71 bits per heavy atom. The van der Waals surface area contributed by atoms with Crippen LogP contribution < -0.4 is 15.2 Å². The van der Waals surface area contributed by atoms with Gasteiger partial charge in [-0.3, -0.25) is 14.9 Å². The van der Waals surface area contributed by atoms with Gasteiger partial charge in [-0.05, 0) is 67.7 Å². The number of piperidine rings is 1. The molecule has 0 unspecified atom stereocenters. The summed E-state index contributed by atoms with van der Waals surface area (Å²) in [5.41, 5.74) is 3.53. The van der Waals surface area contributed by atoms with Gasteiger partial charge in [-0.15, -0.1) is 0 Å². The molecule has 0 amide bonds. The first-order valence-corrected chi connectivity index (χ1v) is 16.9. The normalized spacial score (nSPS) is 15.3. The van der Waals surface area contributed by atoms with Gasteiger partial charge in [0.25, 0.3) is 11.2 Å². The van der Waals surface area contributed by atoms with Gasteiger partial charge >= 0.3 is 0 Å². The van der Waals surface area contributed by atoms with Crippen molar-refractivity contribution in [3.63, 3.8) is 0 Å². The van der Waals surface area contributed by atoms with Crippen molar-refractivity contribution in [1.29, 1.82) is 5.26 Å². The summed E-state index contributed by atoms with van der Waals surface area (Å²) in [7, 11) is 0. The number of rotatable bonds is 11. The Morgan fingerprint density at radius 1 is 0.941 bits per heavy atom. The molecule has 0 N–H and O–H groups in total. The third kappa shape index (κ3) is 7.92. The summed E-state index contributed by atoms with van der Waals surface area (Å²) >= 11 is 0. The number of aromatic nitrogens is 4. The number of ether oxygens (including phenoxy) is 1. The Balaban J connectivity index is 0.874. The summed E-state index contributed by atoms with van der Waals surface area (Å²) in [6.07, 6.45) is 5.41. The van der Waals surface area contributed by atoms with Gasteiger partial charge in [0.1, 0.15) is 0 Å². The number of nitro groups is 1. The summed E-state index contributed by atoms with van der Waals surface area (Å²) in [4.78, 5) is 36.4. The number of likely N-dealkylation sites (tertiary alicyclic amines) is 1. The zero-order chi connectivity index (χ0) is 35.3. The monoisotopic (exact) mass is 686 g/mol. The number of nitro benzene ring substituents is 1. The molecule has 258 valence electrons. The van der Waals surface area contributed by atoms with E-state index in [1.54, 1.807) is 36.7 Å². The fourth-order valence-corrected chi connectivity index (χ4v) is 6.65. The Kier molecular flexibility index (Phi) is 9.76. The number of anilines is 1. The van der Waals surface area contributed by atoms with E-state index in [4.69, 9.17) is 4.74 Å². The predicted molar refractivity (Wildman–Crippen MR) is 189 cm³/mol. The van der Waals surface area contributed by atoms with E-state index in [9.17, 15) is 24.6 Å². The van der Waals surface area contributed by atoms with Crippen LogP contribution in [-0.4, -0.2) is 68.9 Å². The van der Waals surface area contributed by atoms with Crippen LogP contribution in [-0.2, 0) is 6.54 Å². The SMILES string of the molecule is N#Cc1cccc(-c2ccc(=O)n(Cc3cccc(-c4ncc(OCC5CCN(CC6CN(c7ccc([N+](=O)[O-])cc7F)C6)CC5)cn4)c3)n2)c1. The molecule has 5 aromatic rings. The van der Waals surface area contributed by atoms with Gasteiger partial charge in [0, 0.05) is 48.8 Å². The minimum Gasteiger partial charge on any atom is -0.490 e. The van der Waals surface area contributed by atoms with E-state index >= 15 is 0 Å². The average Bonchev–Trinajstić information content (AvgIpc) is 3.14. The molecule has 0 bridgehead atoms. The molecule has 2 aliphatic rings. The lowest BCUT2D eigenvalue weighted by atomic mass is 9.94. The number of nitriles is 1. The van der Waals surface area contributed by atoms with Crippen LogP contribution in [0.4, 0.5) is 15.8 Å². The molecule has 2 aromatic heterocycles. The Bertz CT molecular complexity index is 2140. The molecule has 7 rings (SSSR count). The predicted octanol–water partition coefficient (Wildman–Crippen LogP) is 5.56. The minimum atomic E-state index is -0.584. The van der Waals surface area contributed by atoms with Crippen molar-refractivity contribution < 1.29 is 14.1 Å². The van der Waals surface area contributed by atoms with Crippen molar-refractivity contribution in [3.8, 4) is 34.5 Å². The molecule has 4 heterocycles. The van der Waals surface area contributed by atoms with E-state index in [1.165, 1.54) is 22.9 Å². The van der Waals surface area contributed by atoms with Crippen molar-refractivity contribution in [1.82, 2.24) is 24.6 Å². The first-order chi connectivity index (χ1) is 24.8. The van der Waals surface area contributed by atoms with E-state index in [0.717, 1.165) is 68.3 Å². The number of nitrogens with zero attached hydrogens (tertiary/aromatic N) is 8. The number of hydrogen-bond acceptors (Lipinski definition) is 10. The fourth-order valence-electron chi connectivity index (χ4n) is 6.65. The van der Waals surface area contributed by atoms with Crippen LogP contribution in [0.15, 0.2) is 96.1 Å². The maximum absolute atomic E-state index is 14.4. The first kappa shape index (κ1) is 33.5. The van der Waals surface area contributed by atoms with Gasteiger partial charge in [-0.1, -0.05) is 30.3 Å². The molecule has 2 aliphatic heterocycles. The van der Waals surface area contributed by atoms with Gasteiger partial charge in [-0.25, -0.2) is 19.0 Å². The molecule has 2 fully saturated rings. The summed E-state index contributed by atoms with van der Waals surface area (Å²) < 4.78 is 21.8. The van der Waals surface area contributed by atoms with Crippen LogP contribution in [0.1, 0.15) is 24.0 Å². The highest BCUT2D eigenvalue weighted by molar-refractivity contribution is 5.61. The highest BCUT2D eigenvalue weighted by Crippen LogP contribution is 2.31. The van der Waals surface area contributed by atoms with Gasteiger partial charge in [0.15, 0.2) is 17.4 Å². The molecule has 3 aromatic carbocycles. The molecular formula is C38H35FN8O4. The number of hydrogen-bond donors (Lipinski definition) is 0. The van der Waals surface area contributed by atoms with E-state index in [2.05, 4.69) is 26.0 Å². The highest BCUT2D eigenvalue weighted by Gasteiger charge is 2.32. The summed E-state index contributed by atoms with van der Waals surface area (Å²) in [5.74, 6) is 1.47. The van der Waals surface area contributed by atoms with Crippen LogP contribution in [0.25, 0.3) is 22.6 Å². The number of non-ortho nitro benzene ring substituents is 1. The summed E-state index contributed by atoms with van der Waals surface area (Å²) in [6, 6.07) is 23.9. The molecule has 2 saturated heterocycles. The molecule has 12 nitrogen and oxygen atoms in total. The van der Waals surface area contributed by atoms with E-state index in [-0.39, 0.29) is 17.8 Å². The standard InChI is InChI=1S/C38H35FN8O4/c39-34-17-32(47(49)50)7-9-36(34)45-22-29(23-45)21-44-13-11-26(12-14-44)25-51-33-19-41-38(42-20-33)31-6-2-4-28(16-31)24-46-37(48)10-8-35(43-46)30-5-1-3-27(15-30)18-40/h1-10,15-17,19-20,26,29H,11-14,21-25H2. The van der Waals surface area contributed by atoms with Crippen molar-refractivity contribution in [3.05, 3.63) is 129 Å². The quantitative estimate of drug-likeness (QED) is 0.128. The third-order valence-corrected chi connectivity index (χ3v) is 9.45. The Morgan fingerprint density at radius 3 is 2.45 bits per heavy atom. The highest BCUT2D eigenvalue weighted by atomic mass is 19.1. The average molecular weight is 687 g/mol. The Hall–Kier alpha value is -6.00. The lowest BCUT2D eigenvalue weighted by molar-refractivity contribution is -0.385. The van der Waals surface area contributed by atoms with Gasteiger partial charge in [0.05, 0.1) is 59.5 Å². The van der Waals surface area contributed by atoms with Crippen molar-refractivity contribution >= 4 is 11.4 Å². The first-order valence-electron chi connectivity index (χ1n) is 16.9. The van der Waals surface area contributed by atoms with Crippen LogP contribution in [0.2, 0.25) is 0 Å². The van der Waals surface area contributed by atoms with E-state index < -0.39 is 10.7 Å². The van der Waals surface area contributed by atoms with Gasteiger partial charge < -0.3 is 14.5 Å². The largest absolute Gasteiger partial charge is 0.490 e. The van der Waals surface area contributed by atoms with Crippen molar-refractivity contribution in [2.75, 3.05) is 44.2 Å². The maximum atomic E-state index is 14.4. The Labute approximate surface area is 293 Å². The van der Waals surface area contributed by atoms with Gasteiger partial charge in [0.2, 0.25) is 0 Å². The second-order valence-corrected chi connectivity index (χ2v) is 13.1. The second-order valence-electron chi connectivity index (χ2n) is 13.1.